The Balaban J connectivity index is 2.16. The Labute approximate surface area is 92.2 Å². The normalized spacial score (nSPS) is 19.5. The molecule has 0 radical (unpaired) electrons. The lowest BCUT2D eigenvalue weighted by Gasteiger charge is -2.19. The second-order valence-electron chi connectivity index (χ2n) is 4.72. The number of carbonyl (C=O) groups is 1. The molecule has 0 saturated heterocycles. The van der Waals surface area contributed by atoms with Crippen LogP contribution in [0.3, 0.4) is 0 Å². The summed E-state index contributed by atoms with van der Waals surface area (Å²) in [5.74, 6) is 0.130. The second kappa shape index (κ2) is 6.08. The van der Waals surface area contributed by atoms with Crippen molar-refractivity contribution in [3.05, 3.63) is 0 Å². The predicted octanol–water partition coefficient (Wildman–Crippen LogP) is 0.324. The van der Waals surface area contributed by atoms with E-state index in [1.807, 2.05) is 18.9 Å². The quantitative estimate of drug-likeness (QED) is 0.691. The van der Waals surface area contributed by atoms with Crippen LogP contribution in [0, 0.1) is 0 Å². The summed E-state index contributed by atoms with van der Waals surface area (Å²) in [5.41, 5.74) is 5.66. The molecule has 4 nitrogen and oxygen atoms in total. The molecule has 1 rings (SSSR count). The molecule has 1 aliphatic rings. The van der Waals surface area contributed by atoms with Crippen molar-refractivity contribution >= 4 is 5.91 Å². The summed E-state index contributed by atoms with van der Waals surface area (Å²) in [6.07, 6.45) is 4.78. The van der Waals surface area contributed by atoms with Crippen molar-refractivity contribution in [1.29, 1.82) is 0 Å². The number of nitrogens with one attached hydrogen (secondary N) is 1. The minimum atomic E-state index is 0.120. The van der Waals surface area contributed by atoms with Gasteiger partial charge in [-0.25, -0.2) is 0 Å². The molecule has 0 heterocycles. The van der Waals surface area contributed by atoms with E-state index in [0.717, 1.165) is 19.4 Å². The lowest BCUT2D eigenvalue weighted by molar-refractivity contribution is -0.122. The van der Waals surface area contributed by atoms with Crippen molar-refractivity contribution in [2.24, 2.45) is 5.73 Å². The Morgan fingerprint density at radius 2 is 2.13 bits per heavy atom. The van der Waals surface area contributed by atoms with Crippen molar-refractivity contribution in [3.63, 3.8) is 0 Å². The average Bonchev–Trinajstić information content (AvgIpc) is 2.53. The van der Waals surface area contributed by atoms with Crippen LogP contribution in [0.25, 0.3) is 0 Å². The van der Waals surface area contributed by atoms with Crippen molar-refractivity contribution in [2.75, 3.05) is 20.1 Å². The minimum absolute atomic E-state index is 0.120. The number of hydrogen-bond donors (Lipinski definition) is 2. The Bertz CT molecular complexity index is 200. The number of amides is 1. The van der Waals surface area contributed by atoms with Gasteiger partial charge in [0, 0.05) is 18.6 Å². The van der Waals surface area contributed by atoms with Gasteiger partial charge in [0.1, 0.15) is 0 Å². The van der Waals surface area contributed by atoms with Gasteiger partial charge in [-0.15, -0.1) is 0 Å². The van der Waals surface area contributed by atoms with Gasteiger partial charge in [0.2, 0.25) is 5.91 Å². The molecule has 1 fully saturated rings. The summed E-state index contributed by atoms with van der Waals surface area (Å²) in [7, 11) is 1.93. The Kier molecular flexibility index (Phi) is 5.05. The minimum Gasteiger partial charge on any atom is -0.352 e. The molecule has 1 amide bonds. The third-order valence-corrected chi connectivity index (χ3v) is 2.73. The molecule has 0 aliphatic heterocycles. The number of carbonyl (C=O) groups excluding carboxylic acids is 1. The molecule has 0 aromatic heterocycles. The number of nitrogens with two attached hydrogens (primary N) is 1. The van der Waals surface area contributed by atoms with E-state index in [4.69, 9.17) is 5.73 Å². The monoisotopic (exact) mass is 213 g/mol. The number of hydrogen-bond acceptors (Lipinski definition) is 3. The zero-order valence-electron chi connectivity index (χ0n) is 9.83. The third kappa shape index (κ3) is 5.14. The van der Waals surface area contributed by atoms with E-state index in [1.54, 1.807) is 0 Å². The van der Waals surface area contributed by atoms with Gasteiger partial charge in [0.15, 0.2) is 0 Å². The van der Waals surface area contributed by atoms with Crippen molar-refractivity contribution in [2.45, 2.75) is 44.7 Å². The zero-order chi connectivity index (χ0) is 11.3. The molecule has 1 atom stereocenters. The van der Waals surface area contributed by atoms with Gasteiger partial charge in [-0.2, -0.15) is 0 Å². The van der Waals surface area contributed by atoms with Crippen LogP contribution in [-0.4, -0.2) is 43.0 Å². The number of rotatable bonds is 5. The lowest BCUT2D eigenvalue weighted by Crippen LogP contribution is -2.42. The van der Waals surface area contributed by atoms with Gasteiger partial charge in [0.25, 0.3) is 0 Å². The van der Waals surface area contributed by atoms with E-state index >= 15 is 0 Å². The van der Waals surface area contributed by atoms with Crippen LogP contribution in [-0.2, 0) is 4.79 Å². The first-order valence-corrected chi connectivity index (χ1v) is 5.81. The van der Waals surface area contributed by atoms with E-state index in [1.165, 1.54) is 12.8 Å². The maximum Gasteiger partial charge on any atom is 0.234 e. The van der Waals surface area contributed by atoms with Gasteiger partial charge in [-0.05, 0) is 26.8 Å². The molecule has 0 aromatic carbocycles. The SMILES string of the molecule is CC(N)CN(C)CC(=O)NC1CCCC1. The molecule has 15 heavy (non-hydrogen) atoms. The van der Waals surface area contributed by atoms with Crippen LogP contribution in [0.15, 0.2) is 0 Å². The molecular weight excluding hydrogens is 190 g/mol. The van der Waals surface area contributed by atoms with E-state index < -0.39 is 0 Å². The first-order valence-electron chi connectivity index (χ1n) is 5.81. The highest BCUT2D eigenvalue weighted by Gasteiger charge is 2.17. The van der Waals surface area contributed by atoms with Gasteiger partial charge in [-0.1, -0.05) is 12.8 Å². The second-order valence-corrected chi connectivity index (χ2v) is 4.72. The van der Waals surface area contributed by atoms with E-state index in [-0.39, 0.29) is 11.9 Å². The Morgan fingerprint density at radius 1 is 1.53 bits per heavy atom. The molecular formula is C11H23N3O. The highest BCUT2D eigenvalue weighted by atomic mass is 16.2. The molecule has 1 unspecified atom stereocenters. The molecule has 1 aliphatic carbocycles. The van der Waals surface area contributed by atoms with Crippen LogP contribution in [0.4, 0.5) is 0 Å². The van der Waals surface area contributed by atoms with Crippen LogP contribution < -0.4 is 11.1 Å². The fourth-order valence-corrected chi connectivity index (χ4v) is 2.14. The fourth-order valence-electron chi connectivity index (χ4n) is 2.14. The van der Waals surface area contributed by atoms with E-state index in [0.29, 0.717) is 12.6 Å². The van der Waals surface area contributed by atoms with Crippen LogP contribution in [0.5, 0.6) is 0 Å². The van der Waals surface area contributed by atoms with E-state index in [2.05, 4.69) is 5.32 Å². The molecule has 0 aromatic rings. The maximum atomic E-state index is 11.6. The Hall–Kier alpha value is -0.610. The summed E-state index contributed by atoms with van der Waals surface area (Å²) in [5, 5.41) is 3.06. The molecule has 0 spiro atoms. The van der Waals surface area contributed by atoms with Gasteiger partial charge >= 0.3 is 0 Å². The third-order valence-electron chi connectivity index (χ3n) is 2.73. The Morgan fingerprint density at radius 3 is 2.67 bits per heavy atom. The first-order chi connectivity index (χ1) is 7.08. The summed E-state index contributed by atoms with van der Waals surface area (Å²) < 4.78 is 0. The number of likely N-dealkylation sites (N-methyl/N-ethyl adjacent to an activating group) is 1. The van der Waals surface area contributed by atoms with Crippen molar-refractivity contribution < 1.29 is 4.79 Å². The highest BCUT2D eigenvalue weighted by molar-refractivity contribution is 5.78. The average molecular weight is 213 g/mol. The summed E-state index contributed by atoms with van der Waals surface area (Å²) >= 11 is 0. The van der Waals surface area contributed by atoms with Crippen LogP contribution in [0.1, 0.15) is 32.6 Å². The number of nitrogens with zero attached hydrogens (tertiary/aromatic N) is 1. The standard InChI is InChI=1S/C11H23N3O/c1-9(12)7-14(2)8-11(15)13-10-5-3-4-6-10/h9-10H,3-8,12H2,1-2H3,(H,13,15). The molecule has 88 valence electrons. The zero-order valence-corrected chi connectivity index (χ0v) is 9.83. The molecule has 3 N–H and O–H groups in total. The van der Waals surface area contributed by atoms with Gasteiger partial charge in [-0.3, -0.25) is 9.69 Å². The van der Waals surface area contributed by atoms with Gasteiger partial charge < -0.3 is 11.1 Å². The van der Waals surface area contributed by atoms with Crippen molar-refractivity contribution in [3.8, 4) is 0 Å². The van der Waals surface area contributed by atoms with Crippen molar-refractivity contribution in [1.82, 2.24) is 10.2 Å². The fraction of sp³-hybridized carbons (Fsp3) is 0.909. The molecule has 0 bridgehead atoms. The summed E-state index contributed by atoms with van der Waals surface area (Å²) in [6, 6.07) is 0.537. The smallest absolute Gasteiger partial charge is 0.234 e. The largest absolute Gasteiger partial charge is 0.352 e. The van der Waals surface area contributed by atoms with E-state index in [9.17, 15) is 4.79 Å². The highest BCUT2D eigenvalue weighted by Crippen LogP contribution is 2.17. The van der Waals surface area contributed by atoms with Crippen LogP contribution >= 0.6 is 0 Å². The topological polar surface area (TPSA) is 58.4 Å². The first kappa shape index (κ1) is 12.5. The summed E-state index contributed by atoms with van der Waals surface area (Å²) in [6.45, 7) is 3.17. The van der Waals surface area contributed by atoms with Crippen LogP contribution in [0.2, 0.25) is 0 Å². The molecule has 4 heteroatoms. The van der Waals surface area contributed by atoms with Gasteiger partial charge in [0.05, 0.1) is 6.54 Å². The predicted molar refractivity (Wildman–Crippen MR) is 61.5 cm³/mol. The lowest BCUT2D eigenvalue weighted by atomic mass is 10.2. The summed E-state index contributed by atoms with van der Waals surface area (Å²) in [4.78, 5) is 13.6. The maximum absolute atomic E-state index is 11.6. The molecule has 1 saturated carbocycles.